The van der Waals surface area contributed by atoms with Crippen molar-refractivity contribution < 1.29 is 14.7 Å². The monoisotopic (exact) mass is 235 g/mol. The van der Waals surface area contributed by atoms with E-state index in [0.29, 0.717) is 17.9 Å². The number of hydrogen-bond acceptors (Lipinski definition) is 4. The van der Waals surface area contributed by atoms with Gasteiger partial charge in [-0.15, -0.1) is 0 Å². The lowest BCUT2D eigenvalue weighted by atomic mass is 9.99. The van der Waals surface area contributed by atoms with Crippen LogP contribution in [0.2, 0.25) is 0 Å². The van der Waals surface area contributed by atoms with E-state index >= 15 is 0 Å². The van der Waals surface area contributed by atoms with E-state index in [2.05, 4.69) is 5.16 Å². The molecule has 0 aliphatic heterocycles. The van der Waals surface area contributed by atoms with E-state index < -0.39 is 0 Å². The standard InChI is InChI=1S/C13H17NO3/c1-4-17-13(15)11-7-5-10(6-8-11)12(14-16)9(2)3/h5-9,16H,4H2,1-3H3/b14-12+. The SMILES string of the molecule is CCOC(=O)c1ccc(/C(=N/O)C(C)C)cc1. The normalized spacial score (nSPS) is 11.6. The summed E-state index contributed by atoms with van der Waals surface area (Å²) in [6.07, 6.45) is 0. The molecule has 0 atom stereocenters. The first-order valence-electron chi connectivity index (χ1n) is 5.59. The van der Waals surface area contributed by atoms with Crippen molar-refractivity contribution in [2.45, 2.75) is 20.8 Å². The van der Waals surface area contributed by atoms with Crippen molar-refractivity contribution >= 4 is 11.7 Å². The van der Waals surface area contributed by atoms with Gasteiger partial charge in [0.1, 0.15) is 0 Å². The minimum Gasteiger partial charge on any atom is -0.462 e. The van der Waals surface area contributed by atoms with Crippen molar-refractivity contribution in [2.24, 2.45) is 11.1 Å². The topological polar surface area (TPSA) is 58.9 Å². The Morgan fingerprint density at radius 1 is 1.29 bits per heavy atom. The Labute approximate surface area is 101 Å². The third-order valence-corrected chi connectivity index (χ3v) is 2.35. The van der Waals surface area contributed by atoms with Crippen LogP contribution in [0.5, 0.6) is 0 Å². The van der Waals surface area contributed by atoms with Gasteiger partial charge in [0.25, 0.3) is 0 Å². The van der Waals surface area contributed by atoms with E-state index in [1.165, 1.54) is 0 Å². The van der Waals surface area contributed by atoms with Crippen LogP contribution in [0, 0.1) is 5.92 Å². The van der Waals surface area contributed by atoms with Crippen LogP contribution >= 0.6 is 0 Å². The van der Waals surface area contributed by atoms with Crippen molar-refractivity contribution in [1.82, 2.24) is 0 Å². The minimum absolute atomic E-state index is 0.119. The molecule has 0 aromatic heterocycles. The average molecular weight is 235 g/mol. The second-order valence-corrected chi connectivity index (χ2v) is 3.94. The molecule has 92 valence electrons. The summed E-state index contributed by atoms with van der Waals surface area (Å²) in [4.78, 5) is 11.4. The highest BCUT2D eigenvalue weighted by molar-refractivity contribution is 6.02. The molecule has 1 rings (SSSR count). The van der Waals surface area contributed by atoms with Gasteiger partial charge in [0.2, 0.25) is 0 Å². The summed E-state index contributed by atoms with van der Waals surface area (Å²) >= 11 is 0. The largest absolute Gasteiger partial charge is 0.462 e. The van der Waals surface area contributed by atoms with Crippen LogP contribution in [0.4, 0.5) is 0 Å². The first kappa shape index (κ1) is 13.2. The van der Waals surface area contributed by atoms with Crippen LogP contribution in [0.25, 0.3) is 0 Å². The Bertz CT molecular complexity index is 407. The lowest BCUT2D eigenvalue weighted by Gasteiger charge is -2.08. The third kappa shape index (κ3) is 3.31. The predicted molar refractivity (Wildman–Crippen MR) is 65.6 cm³/mol. The number of rotatable bonds is 4. The van der Waals surface area contributed by atoms with Gasteiger partial charge >= 0.3 is 5.97 Å². The molecule has 0 aliphatic rings. The Morgan fingerprint density at radius 3 is 2.24 bits per heavy atom. The molecule has 0 aliphatic carbocycles. The highest BCUT2D eigenvalue weighted by atomic mass is 16.5. The van der Waals surface area contributed by atoms with Crippen molar-refractivity contribution in [3.63, 3.8) is 0 Å². The predicted octanol–water partition coefficient (Wildman–Crippen LogP) is 2.70. The fourth-order valence-electron chi connectivity index (χ4n) is 1.50. The molecule has 0 saturated carbocycles. The van der Waals surface area contributed by atoms with Gasteiger partial charge < -0.3 is 9.94 Å². The molecule has 0 heterocycles. The quantitative estimate of drug-likeness (QED) is 0.378. The number of oxime groups is 1. The molecule has 1 aromatic carbocycles. The Balaban J connectivity index is 2.91. The van der Waals surface area contributed by atoms with E-state index in [1.807, 2.05) is 13.8 Å². The van der Waals surface area contributed by atoms with Crippen molar-refractivity contribution in [1.29, 1.82) is 0 Å². The Kier molecular flexibility index (Phi) is 4.69. The number of esters is 1. The molecule has 17 heavy (non-hydrogen) atoms. The highest BCUT2D eigenvalue weighted by Gasteiger charge is 2.11. The van der Waals surface area contributed by atoms with Gasteiger partial charge in [0.15, 0.2) is 0 Å². The van der Waals surface area contributed by atoms with Gasteiger partial charge in [0.05, 0.1) is 17.9 Å². The number of carbonyl (C=O) groups excluding carboxylic acids is 1. The Hall–Kier alpha value is -1.84. The van der Waals surface area contributed by atoms with Crippen molar-refractivity contribution in [3.05, 3.63) is 35.4 Å². The number of nitrogens with zero attached hydrogens (tertiary/aromatic N) is 1. The molecular formula is C13H17NO3. The molecule has 4 nitrogen and oxygen atoms in total. The smallest absolute Gasteiger partial charge is 0.338 e. The zero-order valence-electron chi connectivity index (χ0n) is 10.3. The van der Waals surface area contributed by atoms with Crippen LogP contribution in [0.1, 0.15) is 36.7 Å². The van der Waals surface area contributed by atoms with Crippen LogP contribution in [0.15, 0.2) is 29.4 Å². The molecule has 0 fully saturated rings. The highest BCUT2D eigenvalue weighted by Crippen LogP contribution is 2.12. The van der Waals surface area contributed by atoms with Crippen LogP contribution in [-0.2, 0) is 4.74 Å². The van der Waals surface area contributed by atoms with Crippen LogP contribution < -0.4 is 0 Å². The lowest BCUT2D eigenvalue weighted by Crippen LogP contribution is -2.10. The molecule has 1 aromatic rings. The fraction of sp³-hybridized carbons (Fsp3) is 0.385. The molecule has 0 saturated heterocycles. The van der Waals surface area contributed by atoms with Gasteiger partial charge in [-0.2, -0.15) is 0 Å². The maximum atomic E-state index is 11.4. The molecule has 0 amide bonds. The fourth-order valence-corrected chi connectivity index (χ4v) is 1.50. The zero-order valence-corrected chi connectivity index (χ0v) is 10.3. The number of benzene rings is 1. The summed E-state index contributed by atoms with van der Waals surface area (Å²) in [7, 11) is 0. The molecule has 0 spiro atoms. The summed E-state index contributed by atoms with van der Waals surface area (Å²) in [5, 5.41) is 12.2. The summed E-state index contributed by atoms with van der Waals surface area (Å²) in [6, 6.07) is 6.84. The summed E-state index contributed by atoms with van der Waals surface area (Å²) < 4.78 is 4.88. The van der Waals surface area contributed by atoms with E-state index in [4.69, 9.17) is 9.94 Å². The number of hydrogen-bond donors (Lipinski definition) is 1. The Morgan fingerprint density at radius 2 is 1.82 bits per heavy atom. The van der Waals surface area contributed by atoms with Crippen LogP contribution in [0.3, 0.4) is 0 Å². The van der Waals surface area contributed by atoms with Crippen molar-refractivity contribution in [3.8, 4) is 0 Å². The maximum Gasteiger partial charge on any atom is 0.338 e. The van der Waals surface area contributed by atoms with Gasteiger partial charge in [-0.1, -0.05) is 31.1 Å². The van der Waals surface area contributed by atoms with Gasteiger partial charge in [0, 0.05) is 0 Å². The summed E-state index contributed by atoms with van der Waals surface area (Å²) in [5.74, 6) is -0.223. The maximum absolute atomic E-state index is 11.4. The number of carbonyl (C=O) groups is 1. The number of ether oxygens (including phenoxy) is 1. The molecular weight excluding hydrogens is 218 g/mol. The van der Waals surface area contributed by atoms with E-state index in [9.17, 15) is 4.79 Å². The van der Waals surface area contributed by atoms with Crippen molar-refractivity contribution in [2.75, 3.05) is 6.61 Å². The minimum atomic E-state index is -0.342. The van der Waals surface area contributed by atoms with Crippen LogP contribution in [-0.4, -0.2) is 23.5 Å². The van der Waals surface area contributed by atoms with Gasteiger partial charge in [-0.05, 0) is 30.5 Å². The zero-order chi connectivity index (χ0) is 12.8. The lowest BCUT2D eigenvalue weighted by molar-refractivity contribution is 0.0526. The van der Waals surface area contributed by atoms with Gasteiger partial charge in [-0.25, -0.2) is 4.79 Å². The second-order valence-electron chi connectivity index (χ2n) is 3.94. The third-order valence-electron chi connectivity index (χ3n) is 2.35. The first-order chi connectivity index (χ1) is 8.10. The molecule has 0 bridgehead atoms. The van der Waals surface area contributed by atoms with Gasteiger partial charge in [-0.3, -0.25) is 0 Å². The van der Waals surface area contributed by atoms with E-state index in [1.54, 1.807) is 31.2 Å². The second kappa shape index (κ2) is 6.03. The molecule has 0 radical (unpaired) electrons. The summed E-state index contributed by atoms with van der Waals surface area (Å²) in [5.41, 5.74) is 1.90. The average Bonchev–Trinajstić information content (AvgIpc) is 2.30. The summed E-state index contributed by atoms with van der Waals surface area (Å²) in [6.45, 7) is 6.00. The van der Waals surface area contributed by atoms with E-state index in [-0.39, 0.29) is 11.9 Å². The first-order valence-corrected chi connectivity index (χ1v) is 5.59. The molecule has 0 unspecified atom stereocenters. The van der Waals surface area contributed by atoms with E-state index in [0.717, 1.165) is 5.56 Å². The molecule has 4 heteroatoms. The molecule has 1 N–H and O–H groups in total.